The lowest BCUT2D eigenvalue weighted by Gasteiger charge is -2.17. The molecule has 7 heteroatoms. The average Bonchev–Trinajstić information content (AvgIpc) is 2.97. The summed E-state index contributed by atoms with van der Waals surface area (Å²) >= 11 is 0.939. The molecule has 5 nitrogen and oxygen atoms in total. The van der Waals surface area contributed by atoms with Crippen LogP contribution in [0.4, 0.5) is 0 Å². The third kappa shape index (κ3) is 2.05. The summed E-state index contributed by atoms with van der Waals surface area (Å²) in [5, 5.41) is 17.6. The van der Waals surface area contributed by atoms with E-state index in [-0.39, 0.29) is 4.21 Å². The summed E-state index contributed by atoms with van der Waals surface area (Å²) < 4.78 is 25.8. The topological polar surface area (TPSA) is 85.0 Å². The van der Waals surface area contributed by atoms with Crippen LogP contribution in [-0.2, 0) is 10.0 Å². The minimum Gasteiger partial charge on any atom is -0.206 e. The van der Waals surface area contributed by atoms with Crippen LogP contribution in [0.3, 0.4) is 0 Å². The SMILES string of the molecule is N#Cc1ccc(S(=O)(=O)N2CCCC2C#N)s1. The van der Waals surface area contributed by atoms with Gasteiger partial charge in [-0.05, 0) is 25.0 Å². The van der Waals surface area contributed by atoms with Crippen LogP contribution < -0.4 is 0 Å². The molecule has 0 saturated carbocycles. The summed E-state index contributed by atoms with van der Waals surface area (Å²) in [7, 11) is -3.61. The lowest BCUT2D eigenvalue weighted by molar-refractivity contribution is 0.439. The van der Waals surface area contributed by atoms with Crippen molar-refractivity contribution in [2.45, 2.75) is 23.1 Å². The Labute approximate surface area is 104 Å². The van der Waals surface area contributed by atoms with Crippen molar-refractivity contribution in [1.29, 1.82) is 10.5 Å². The van der Waals surface area contributed by atoms with Crippen LogP contribution in [0.15, 0.2) is 16.3 Å². The quantitative estimate of drug-likeness (QED) is 0.808. The Bertz CT molecular complexity index is 606. The van der Waals surface area contributed by atoms with Crippen LogP contribution >= 0.6 is 11.3 Å². The fourth-order valence-electron chi connectivity index (χ4n) is 1.79. The summed E-state index contributed by atoms with van der Waals surface area (Å²) in [4.78, 5) is 0.358. The third-order valence-electron chi connectivity index (χ3n) is 2.61. The highest BCUT2D eigenvalue weighted by Crippen LogP contribution is 2.29. The lowest BCUT2D eigenvalue weighted by Crippen LogP contribution is -2.34. The molecule has 0 spiro atoms. The Morgan fingerprint density at radius 1 is 1.41 bits per heavy atom. The molecule has 1 aromatic rings. The number of sulfonamides is 1. The second kappa shape index (κ2) is 4.46. The van der Waals surface area contributed by atoms with Gasteiger partial charge < -0.3 is 0 Å². The van der Waals surface area contributed by atoms with Gasteiger partial charge in [-0.1, -0.05) is 0 Å². The monoisotopic (exact) mass is 267 g/mol. The van der Waals surface area contributed by atoms with E-state index in [1.54, 1.807) is 0 Å². The molecule has 0 amide bonds. The molecular formula is C10H9N3O2S2. The highest BCUT2D eigenvalue weighted by molar-refractivity contribution is 7.91. The minimum absolute atomic E-state index is 0.135. The Kier molecular flexibility index (Phi) is 3.16. The van der Waals surface area contributed by atoms with E-state index in [0.29, 0.717) is 24.3 Å². The normalized spacial score (nSPS) is 20.9. The molecule has 88 valence electrons. The van der Waals surface area contributed by atoms with E-state index in [0.717, 1.165) is 11.3 Å². The number of nitrogens with zero attached hydrogens (tertiary/aromatic N) is 3. The molecule has 1 aliphatic rings. The summed E-state index contributed by atoms with van der Waals surface area (Å²) in [6.07, 6.45) is 1.28. The summed E-state index contributed by atoms with van der Waals surface area (Å²) in [5.74, 6) is 0. The largest absolute Gasteiger partial charge is 0.253 e. The predicted octanol–water partition coefficient (Wildman–Crippen LogP) is 1.30. The van der Waals surface area contributed by atoms with Crippen LogP contribution in [0.5, 0.6) is 0 Å². The minimum atomic E-state index is -3.61. The van der Waals surface area contributed by atoms with Crippen molar-refractivity contribution in [3.05, 3.63) is 17.0 Å². The second-order valence-electron chi connectivity index (χ2n) is 3.63. The fraction of sp³-hybridized carbons (Fsp3) is 0.400. The molecule has 1 fully saturated rings. The average molecular weight is 267 g/mol. The predicted molar refractivity (Wildman–Crippen MR) is 61.6 cm³/mol. The van der Waals surface area contributed by atoms with Gasteiger partial charge in [-0.2, -0.15) is 14.8 Å². The first-order chi connectivity index (χ1) is 8.09. The van der Waals surface area contributed by atoms with Crippen molar-refractivity contribution in [2.75, 3.05) is 6.54 Å². The van der Waals surface area contributed by atoms with Gasteiger partial charge in [-0.25, -0.2) is 8.42 Å². The molecule has 1 saturated heterocycles. The lowest BCUT2D eigenvalue weighted by atomic mass is 10.2. The maximum Gasteiger partial charge on any atom is 0.253 e. The van der Waals surface area contributed by atoms with E-state index in [1.165, 1.54) is 16.4 Å². The van der Waals surface area contributed by atoms with E-state index in [1.807, 2.05) is 12.1 Å². The van der Waals surface area contributed by atoms with Gasteiger partial charge in [0.1, 0.15) is 21.2 Å². The van der Waals surface area contributed by atoms with Gasteiger partial charge in [0.15, 0.2) is 0 Å². The first kappa shape index (κ1) is 12.1. The molecule has 2 heterocycles. The molecular weight excluding hydrogens is 258 g/mol. The molecule has 1 unspecified atom stereocenters. The van der Waals surface area contributed by atoms with Crippen LogP contribution in [0.1, 0.15) is 17.7 Å². The molecule has 0 aliphatic carbocycles. The van der Waals surface area contributed by atoms with Crippen LogP contribution in [0.25, 0.3) is 0 Å². The van der Waals surface area contributed by atoms with E-state index >= 15 is 0 Å². The van der Waals surface area contributed by atoms with Crippen molar-refractivity contribution in [1.82, 2.24) is 4.31 Å². The standard InChI is InChI=1S/C10H9N3O2S2/c11-6-8-2-1-5-13(8)17(14,15)10-4-3-9(7-12)16-10/h3-4,8H,1-2,5H2. The van der Waals surface area contributed by atoms with Gasteiger partial charge in [0.05, 0.1) is 6.07 Å². The van der Waals surface area contributed by atoms with Gasteiger partial charge >= 0.3 is 0 Å². The van der Waals surface area contributed by atoms with Crippen molar-refractivity contribution >= 4 is 21.4 Å². The molecule has 0 radical (unpaired) electrons. The van der Waals surface area contributed by atoms with Gasteiger partial charge in [-0.15, -0.1) is 11.3 Å². The van der Waals surface area contributed by atoms with Gasteiger partial charge in [0, 0.05) is 6.54 Å². The Hall–Kier alpha value is -1.41. The van der Waals surface area contributed by atoms with Crippen molar-refractivity contribution < 1.29 is 8.42 Å². The zero-order valence-electron chi connectivity index (χ0n) is 8.83. The first-order valence-corrected chi connectivity index (χ1v) is 7.26. The molecule has 1 aromatic heterocycles. The molecule has 0 bridgehead atoms. The van der Waals surface area contributed by atoms with Gasteiger partial charge in [-0.3, -0.25) is 0 Å². The third-order valence-corrected chi connectivity index (χ3v) is 5.97. The van der Waals surface area contributed by atoms with Crippen molar-refractivity contribution in [2.24, 2.45) is 0 Å². The van der Waals surface area contributed by atoms with E-state index in [4.69, 9.17) is 10.5 Å². The number of thiophene rings is 1. The molecule has 0 aromatic carbocycles. The Balaban J connectivity index is 2.37. The second-order valence-corrected chi connectivity index (χ2v) is 6.83. The smallest absolute Gasteiger partial charge is 0.206 e. The van der Waals surface area contributed by atoms with Crippen LogP contribution in [0.2, 0.25) is 0 Å². The molecule has 1 aliphatic heterocycles. The zero-order chi connectivity index (χ0) is 12.5. The van der Waals surface area contributed by atoms with Crippen LogP contribution in [0, 0.1) is 22.7 Å². The van der Waals surface area contributed by atoms with E-state index in [9.17, 15) is 8.42 Å². The van der Waals surface area contributed by atoms with E-state index in [2.05, 4.69) is 0 Å². The molecule has 2 rings (SSSR count). The fourth-order valence-corrected chi connectivity index (χ4v) is 4.63. The zero-order valence-corrected chi connectivity index (χ0v) is 10.5. The van der Waals surface area contributed by atoms with Gasteiger partial charge in [0.25, 0.3) is 10.0 Å². The summed E-state index contributed by atoms with van der Waals surface area (Å²) in [6.45, 7) is 0.375. The maximum absolute atomic E-state index is 12.2. The Morgan fingerprint density at radius 2 is 2.18 bits per heavy atom. The number of hydrogen-bond acceptors (Lipinski definition) is 5. The van der Waals surface area contributed by atoms with E-state index < -0.39 is 16.1 Å². The molecule has 0 N–H and O–H groups in total. The van der Waals surface area contributed by atoms with Crippen LogP contribution in [-0.4, -0.2) is 25.3 Å². The summed E-state index contributed by atoms with van der Waals surface area (Å²) in [6, 6.07) is 6.23. The van der Waals surface area contributed by atoms with Crippen molar-refractivity contribution in [3.63, 3.8) is 0 Å². The van der Waals surface area contributed by atoms with Crippen molar-refractivity contribution in [3.8, 4) is 12.1 Å². The summed E-state index contributed by atoms with van der Waals surface area (Å²) in [5.41, 5.74) is 0. The number of nitriles is 2. The number of hydrogen-bond donors (Lipinski definition) is 0. The first-order valence-electron chi connectivity index (χ1n) is 5.01. The Morgan fingerprint density at radius 3 is 2.76 bits per heavy atom. The highest BCUT2D eigenvalue weighted by Gasteiger charge is 2.36. The highest BCUT2D eigenvalue weighted by atomic mass is 32.2. The van der Waals surface area contributed by atoms with Gasteiger partial charge in [0.2, 0.25) is 0 Å². The number of rotatable bonds is 2. The molecule has 17 heavy (non-hydrogen) atoms. The maximum atomic E-state index is 12.2. The molecule has 1 atom stereocenters.